The summed E-state index contributed by atoms with van der Waals surface area (Å²) in [7, 11) is 0. The first-order valence-corrected chi connectivity index (χ1v) is 10.4. The second-order valence-corrected chi connectivity index (χ2v) is 8.59. The number of carbonyl (C=O) groups excluding carboxylic acids is 1. The van der Waals surface area contributed by atoms with Gasteiger partial charge in [-0.05, 0) is 61.3 Å². The zero-order valence-electron chi connectivity index (χ0n) is 17.4. The monoisotopic (exact) mass is 383 g/mol. The molecule has 3 unspecified atom stereocenters. The number of ketones is 1. The maximum atomic E-state index is 12.3. The van der Waals surface area contributed by atoms with E-state index in [1.807, 2.05) is 0 Å². The van der Waals surface area contributed by atoms with Gasteiger partial charge in [-0.2, -0.15) is 0 Å². The molecule has 1 N–H and O–H groups in total. The van der Waals surface area contributed by atoms with Gasteiger partial charge in [0.05, 0.1) is 6.04 Å². The molecule has 3 atom stereocenters. The maximum absolute atomic E-state index is 12.3. The topological polar surface area (TPSA) is 29.1 Å². The fourth-order valence-electron chi connectivity index (χ4n) is 4.78. The number of hydrogen-bond acceptors (Lipinski definition) is 2. The third-order valence-corrected chi connectivity index (χ3v) is 6.16. The first kappa shape index (κ1) is 19.4. The zero-order chi connectivity index (χ0) is 20.5. The quantitative estimate of drug-likeness (QED) is 0.610. The lowest BCUT2D eigenvalue weighted by Gasteiger charge is -2.37. The molecule has 0 aromatic heterocycles. The summed E-state index contributed by atoms with van der Waals surface area (Å²) in [5.41, 5.74) is 8.28. The van der Waals surface area contributed by atoms with E-state index >= 15 is 0 Å². The van der Waals surface area contributed by atoms with Crippen LogP contribution in [0.5, 0.6) is 0 Å². The van der Waals surface area contributed by atoms with Crippen LogP contribution >= 0.6 is 0 Å². The minimum absolute atomic E-state index is 0.127. The number of hydrogen-bond donors (Lipinski definition) is 1. The van der Waals surface area contributed by atoms with Gasteiger partial charge in [0.15, 0.2) is 5.78 Å². The van der Waals surface area contributed by atoms with Crippen LogP contribution in [0.15, 0.2) is 73.3 Å². The normalized spacial score (nSPS) is 21.8. The number of para-hydroxylation sites is 1. The highest BCUT2D eigenvalue weighted by Gasteiger charge is 2.39. The van der Waals surface area contributed by atoms with Crippen molar-refractivity contribution < 1.29 is 4.79 Å². The number of allylic oxidation sites excluding steroid dienone is 4. The zero-order valence-corrected chi connectivity index (χ0v) is 17.4. The highest BCUT2D eigenvalue weighted by molar-refractivity contribution is 5.89. The van der Waals surface area contributed by atoms with Crippen LogP contribution in [0, 0.1) is 5.92 Å². The highest BCUT2D eigenvalue weighted by Crippen LogP contribution is 2.47. The van der Waals surface area contributed by atoms with Crippen molar-refractivity contribution in [1.29, 1.82) is 0 Å². The SMILES string of the molecule is C=C(C)Cc1ccc(CC(=C)c2cccc3c2NC(C(C)=O)C2CC=CC32)cc1. The Morgan fingerprint density at radius 1 is 1.03 bits per heavy atom. The molecule has 2 aliphatic rings. The van der Waals surface area contributed by atoms with Crippen LogP contribution in [0.3, 0.4) is 0 Å². The summed E-state index contributed by atoms with van der Waals surface area (Å²) < 4.78 is 0. The van der Waals surface area contributed by atoms with Crippen LogP contribution in [0.25, 0.3) is 5.57 Å². The lowest BCUT2D eigenvalue weighted by Crippen LogP contribution is -2.41. The van der Waals surface area contributed by atoms with E-state index in [0.29, 0.717) is 11.8 Å². The number of benzene rings is 2. The first-order chi connectivity index (χ1) is 13.9. The molecule has 0 saturated carbocycles. The molecule has 1 heterocycles. The van der Waals surface area contributed by atoms with Crippen LogP contribution in [0.2, 0.25) is 0 Å². The molecule has 4 rings (SSSR count). The van der Waals surface area contributed by atoms with Gasteiger partial charge < -0.3 is 5.32 Å². The minimum Gasteiger partial charge on any atom is -0.374 e. The Bertz CT molecular complexity index is 996. The fourth-order valence-corrected chi connectivity index (χ4v) is 4.78. The molecule has 2 aromatic rings. The van der Waals surface area contributed by atoms with Crippen molar-refractivity contribution in [2.45, 2.75) is 45.1 Å². The average Bonchev–Trinajstić information content (AvgIpc) is 3.18. The van der Waals surface area contributed by atoms with Crippen molar-refractivity contribution in [3.8, 4) is 0 Å². The van der Waals surface area contributed by atoms with E-state index in [4.69, 9.17) is 0 Å². The van der Waals surface area contributed by atoms with Crippen molar-refractivity contribution in [2.24, 2.45) is 5.92 Å². The van der Waals surface area contributed by atoms with Gasteiger partial charge in [0.2, 0.25) is 0 Å². The van der Waals surface area contributed by atoms with Gasteiger partial charge in [0.25, 0.3) is 0 Å². The van der Waals surface area contributed by atoms with E-state index in [-0.39, 0.29) is 11.8 Å². The molecule has 0 radical (unpaired) electrons. The smallest absolute Gasteiger partial charge is 0.152 e. The van der Waals surface area contributed by atoms with Gasteiger partial charge in [-0.1, -0.05) is 73.3 Å². The van der Waals surface area contributed by atoms with Gasteiger partial charge in [0.1, 0.15) is 0 Å². The highest BCUT2D eigenvalue weighted by atomic mass is 16.1. The minimum atomic E-state index is -0.127. The third kappa shape index (κ3) is 3.85. The standard InChI is InChI=1S/C27H29NO/c1-17(2)15-20-11-13-21(14-12-20)16-18(3)22-7-5-10-25-23-8-6-9-24(23)26(19(4)29)28-27(22)25/h5-8,10-14,23-24,26,28H,1,3,9,15-16H2,2,4H3. The number of rotatable bonds is 6. The summed E-state index contributed by atoms with van der Waals surface area (Å²) >= 11 is 0. The predicted molar refractivity (Wildman–Crippen MR) is 122 cm³/mol. The molecule has 0 saturated heterocycles. The molecular weight excluding hydrogens is 354 g/mol. The molecule has 0 amide bonds. The van der Waals surface area contributed by atoms with E-state index in [0.717, 1.165) is 36.1 Å². The van der Waals surface area contributed by atoms with Crippen molar-refractivity contribution in [3.05, 3.63) is 95.6 Å². The van der Waals surface area contributed by atoms with Gasteiger partial charge in [0, 0.05) is 17.2 Å². The molecule has 2 nitrogen and oxygen atoms in total. The number of fused-ring (bicyclic) bond motifs is 3. The number of Topliss-reactive ketones (excluding diaryl/α,β-unsaturated/α-hetero) is 1. The third-order valence-electron chi connectivity index (χ3n) is 6.16. The van der Waals surface area contributed by atoms with Crippen molar-refractivity contribution in [3.63, 3.8) is 0 Å². The van der Waals surface area contributed by atoms with E-state index in [9.17, 15) is 4.79 Å². The predicted octanol–water partition coefficient (Wildman–Crippen LogP) is 6.10. The van der Waals surface area contributed by atoms with Crippen LogP contribution < -0.4 is 5.32 Å². The average molecular weight is 384 g/mol. The lowest BCUT2D eigenvalue weighted by molar-refractivity contribution is -0.118. The molecular formula is C27H29NO. The number of nitrogens with one attached hydrogen (secondary N) is 1. The Morgan fingerprint density at radius 3 is 2.38 bits per heavy atom. The maximum Gasteiger partial charge on any atom is 0.152 e. The summed E-state index contributed by atoms with van der Waals surface area (Å²) in [5, 5.41) is 3.57. The van der Waals surface area contributed by atoms with E-state index in [1.165, 1.54) is 22.3 Å². The molecule has 0 bridgehead atoms. The summed E-state index contributed by atoms with van der Waals surface area (Å²) in [6, 6.07) is 15.0. The van der Waals surface area contributed by atoms with Crippen LogP contribution in [-0.4, -0.2) is 11.8 Å². The van der Waals surface area contributed by atoms with Crippen LogP contribution in [0.1, 0.15) is 48.4 Å². The summed E-state index contributed by atoms with van der Waals surface area (Å²) in [4.78, 5) is 12.3. The summed E-state index contributed by atoms with van der Waals surface area (Å²) in [5.74, 6) is 0.849. The number of anilines is 1. The van der Waals surface area contributed by atoms with Crippen molar-refractivity contribution in [1.82, 2.24) is 0 Å². The van der Waals surface area contributed by atoms with Crippen LogP contribution in [-0.2, 0) is 17.6 Å². The Kier molecular flexibility index (Phi) is 5.27. The molecule has 2 heteroatoms. The second kappa shape index (κ2) is 7.87. The fraction of sp³-hybridized carbons (Fsp3) is 0.296. The largest absolute Gasteiger partial charge is 0.374 e. The van der Waals surface area contributed by atoms with Gasteiger partial charge in [-0.3, -0.25) is 4.79 Å². The molecule has 0 fully saturated rings. The molecule has 148 valence electrons. The van der Waals surface area contributed by atoms with E-state index < -0.39 is 0 Å². The van der Waals surface area contributed by atoms with Gasteiger partial charge in [-0.15, -0.1) is 0 Å². The van der Waals surface area contributed by atoms with Gasteiger partial charge in [-0.25, -0.2) is 0 Å². The molecule has 2 aromatic carbocycles. The first-order valence-electron chi connectivity index (χ1n) is 10.4. The van der Waals surface area contributed by atoms with E-state index in [2.05, 4.69) is 80.0 Å². The second-order valence-electron chi connectivity index (χ2n) is 8.59. The Morgan fingerprint density at radius 2 is 1.72 bits per heavy atom. The molecule has 0 spiro atoms. The Balaban J connectivity index is 1.60. The Hall–Kier alpha value is -2.87. The van der Waals surface area contributed by atoms with E-state index in [1.54, 1.807) is 6.92 Å². The molecule has 1 aliphatic carbocycles. The Labute approximate surface area is 174 Å². The molecule has 29 heavy (non-hydrogen) atoms. The van der Waals surface area contributed by atoms with Crippen molar-refractivity contribution >= 4 is 17.0 Å². The van der Waals surface area contributed by atoms with Crippen molar-refractivity contribution in [2.75, 3.05) is 5.32 Å². The lowest BCUT2D eigenvalue weighted by atomic mass is 9.76. The number of carbonyl (C=O) groups is 1. The molecule has 1 aliphatic heterocycles. The summed E-state index contributed by atoms with van der Waals surface area (Å²) in [6.45, 7) is 12.1. The van der Waals surface area contributed by atoms with Crippen LogP contribution in [0.4, 0.5) is 5.69 Å². The van der Waals surface area contributed by atoms with Gasteiger partial charge >= 0.3 is 0 Å². The summed E-state index contributed by atoms with van der Waals surface area (Å²) in [6.07, 6.45) is 7.16.